The Balaban J connectivity index is 2.05. The molecule has 3 rings (SSSR count). The van der Waals surface area contributed by atoms with Gasteiger partial charge in [0.15, 0.2) is 5.75 Å². The normalized spacial score (nSPS) is 15.9. The van der Waals surface area contributed by atoms with Gasteiger partial charge in [-0.25, -0.2) is 13.4 Å². The van der Waals surface area contributed by atoms with Crippen molar-refractivity contribution < 1.29 is 13.5 Å². The Kier molecular flexibility index (Phi) is 3.31. The highest BCUT2D eigenvalue weighted by Crippen LogP contribution is 2.37. The van der Waals surface area contributed by atoms with Gasteiger partial charge in [0.05, 0.1) is 17.3 Å². The highest BCUT2D eigenvalue weighted by atomic mass is 35.5. The van der Waals surface area contributed by atoms with Gasteiger partial charge in [-0.05, 0) is 12.1 Å². The summed E-state index contributed by atoms with van der Waals surface area (Å²) in [5, 5.41) is 9.90. The Bertz CT molecular complexity index is 803. The minimum atomic E-state index is -3.95. The number of fused-ring (bicyclic) bond motifs is 1. The molecule has 1 aliphatic rings. The van der Waals surface area contributed by atoms with Crippen LogP contribution in [0.4, 0.5) is 5.69 Å². The van der Waals surface area contributed by atoms with Crippen molar-refractivity contribution in [1.82, 2.24) is 13.9 Å². The van der Waals surface area contributed by atoms with E-state index in [0.717, 1.165) is 0 Å². The molecule has 0 bridgehead atoms. The zero-order valence-electron chi connectivity index (χ0n) is 10.9. The van der Waals surface area contributed by atoms with E-state index in [9.17, 15) is 13.5 Å². The van der Waals surface area contributed by atoms with Crippen molar-refractivity contribution in [2.24, 2.45) is 0 Å². The molecule has 0 spiro atoms. The van der Waals surface area contributed by atoms with Crippen LogP contribution in [0.5, 0.6) is 5.75 Å². The molecule has 0 unspecified atom stereocenters. The van der Waals surface area contributed by atoms with E-state index >= 15 is 0 Å². The lowest BCUT2D eigenvalue weighted by atomic mass is 10.3. The predicted octanol–water partition coefficient (Wildman–Crippen LogP) is 1.03. The van der Waals surface area contributed by atoms with E-state index in [2.05, 4.69) is 4.98 Å². The van der Waals surface area contributed by atoms with E-state index in [1.54, 1.807) is 12.4 Å². The minimum Gasteiger partial charge on any atom is -0.504 e. The minimum absolute atomic E-state index is 0.0310. The molecule has 1 aromatic heterocycles. The van der Waals surface area contributed by atoms with Gasteiger partial charge in [-0.1, -0.05) is 11.6 Å². The standard InChI is InChI=1S/C12H13ClN4O3S/c13-8-1-2-9(14)11(18)12(8)21(19,20)17-6-5-16-4-3-15-10(16)7-17/h1-4,18H,5-7,14H2. The smallest absolute Gasteiger partial charge is 0.248 e. The third-order valence-electron chi connectivity index (χ3n) is 3.42. The summed E-state index contributed by atoms with van der Waals surface area (Å²) in [6.45, 7) is 0.894. The van der Waals surface area contributed by atoms with Crippen molar-refractivity contribution in [2.45, 2.75) is 18.0 Å². The number of hydrogen-bond acceptors (Lipinski definition) is 5. The van der Waals surface area contributed by atoms with Gasteiger partial charge in [0.1, 0.15) is 10.7 Å². The SMILES string of the molecule is Nc1ccc(Cl)c(S(=O)(=O)N2CCn3ccnc3C2)c1O. The third-order valence-corrected chi connectivity index (χ3v) is 5.77. The number of sulfonamides is 1. The van der Waals surface area contributed by atoms with Gasteiger partial charge in [0, 0.05) is 25.5 Å². The number of nitrogens with zero attached hydrogens (tertiary/aromatic N) is 3. The maximum atomic E-state index is 12.7. The fourth-order valence-electron chi connectivity index (χ4n) is 2.29. The zero-order chi connectivity index (χ0) is 15.2. The highest BCUT2D eigenvalue weighted by Gasteiger charge is 2.33. The van der Waals surface area contributed by atoms with Crippen LogP contribution in [0.25, 0.3) is 0 Å². The van der Waals surface area contributed by atoms with E-state index in [1.807, 2.05) is 4.57 Å². The largest absolute Gasteiger partial charge is 0.504 e. The third kappa shape index (κ3) is 2.25. The second kappa shape index (κ2) is 4.90. The Morgan fingerprint density at radius 3 is 2.86 bits per heavy atom. The summed E-state index contributed by atoms with van der Waals surface area (Å²) in [5.74, 6) is 0.126. The summed E-state index contributed by atoms with van der Waals surface area (Å²) in [6, 6.07) is 2.72. The fourth-order valence-corrected chi connectivity index (χ4v) is 4.28. The number of anilines is 1. The van der Waals surface area contributed by atoms with E-state index in [1.165, 1.54) is 16.4 Å². The molecule has 0 saturated carbocycles. The lowest BCUT2D eigenvalue weighted by Crippen LogP contribution is -2.38. The molecule has 0 atom stereocenters. The molecular weight excluding hydrogens is 316 g/mol. The average molecular weight is 329 g/mol. The lowest BCUT2D eigenvalue weighted by molar-refractivity contribution is 0.333. The number of hydrogen-bond donors (Lipinski definition) is 2. The number of benzene rings is 1. The second-order valence-electron chi connectivity index (χ2n) is 4.69. The molecular formula is C12H13ClN4O3S. The number of aromatic hydroxyl groups is 1. The first-order chi connectivity index (χ1) is 9.91. The van der Waals surface area contributed by atoms with Crippen LogP contribution < -0.4 is 5.73 Å². The van der Waals surface area contributed by atoms with Crippen LogP contribution in [-0.2, 0) is 23.1 Å². The van der Waals surface area contributed by atoms with Crippen LogP contribution in [0, 0.1) is 0 Å². The van der Waals surface area contributed by atoms with Crippen LogP contribution in [-0.4, -0.2) is 33.9 Å². The number of aromatic nitrogens is 2. The number of rotatable bonds is 2. The van der Waals surface area contributed by atoms with Gasteiger partial charge in [-0.15, -0.1) is 0 Å². The second-order valence-corrected chi connectivity index (χ2v) is 6.97. The molecule has 0 aliphatic carbocycles. The molecule has 1 aromatic carbocycles. The Hall–Kier alpha value is -1.77. The number of nitrogen functional groups attached to an aromatic ring is 1. The number of imidazole rings is 1. The van der Waals surface area contributed by atoms with Crippen molar-refractivity contribution in [3.63, 3.8) is 0 Å². The first kappa shape index (κ1) is 14.2. The maximum absolute atomic E-state index is 12.7. The van der Waals surface area contributed by atoms with Crippen LogP contribution in [0.1, 0.15) is 5.82 Å². The van der Waals surface area contributed by atoms with Crippen molar-refractivity contribution in [3.8, 4) is 5.75 Å². The monoisotopic (exact) mass is 328 g/mol. The van der Waals surface area contributed by atoms with Crippen molar-refractivity contribution in [2.75, 3.05) is 12.3 Å². The van der Waals surface area contributed by atoms with Crippen molar-refractivity contribution in [1.29, 1.82) is 0 Å². The van der Waals surface area contributed by atoms with Gasteiger partial charge < -0.3 is 15.4 Å². The molecule has 2 heterocycles. The van der Waals surface area contributed by atoms with E-state index in [0.29, 0.717) is 12.4 Å². The van der Waals surface area contributed by atoms with Crippen LogP contribution >= 0.6 is 11.6 Å². The topological polar surface area (TPSA) is 101 Å². The molecule has 7 nitrogen and oxygen atoms in total. The van der Waals surface area contributed by atoms with Crippen molar-refractivity contribution >= 4 is 27.3 Å². The lowest BCUT2D eigenvalue weighted by Gasteiger charge is -2.27. The van der Waals surface area contributed by atoms with Gasteiger partial charge >= 0.3 is 0 Å². The quantitative estimate of drug-likeness (QED) is 0.633. The zero-order valence-corrected chi connectivity index (χ0v) is 12.5. The summed E-state index contributed by atoms with van der Waals surface area (Å²) in [7, 11) is -3.95. The van der Waals surface area contributed by atoms with Crippen molar-refractivity contribution in [3.05, 3.63) is 35.4 Å². The molecule has 0 radical (unpaired) electrons. The summed E-state index contributed by atoms with van der Waals surface area (Å²) >= 11 is 5.94. The molecule has 9 heteroatoms. The van der Waals surface area contributed by atoms with Gasteiger partial charge in [0.2, 0.25) is 10.0 Å². The summed E-state index contributed by atoms with van der Waals surface area (Å²) in [4.78, 5) is 3.76. The Morgan fingerprint density at radius 1 is 1.33 bits per heavy atom. The van der Waals surface area contributed by atoms with E-state index in [-0.39, 0.29) is 28.7 Å². The fraction of sp³-hybridized carbons (Fsp3) is 0.250. The molecule has 0 fully saturated rings. The molecule has 1 aliphatic heterocycles. The molecule has 112 valence electrons. The Labute approximate surface area is 126 Å². The van der Waals surface area contributed by atoms with Crippen LogP contribution in [0.2, 0.25) is 5.02 Å². The van der Waals surface area contributed by atoms with Gasteiger partial charge in [-0.3, -0.25) is 0 Å². The van der Waals surface area contributed by atoms with Gasteiger partial charge in [0.25, 0.3) is 0 Å². The predicted molar refractivity (Wildman–Crippen MR) is 77.4 cm³/mol. The van der Waals surface area contributed by atoms with Crippen LogP contribution in [0.3, 0.4) is 0 Å². The van der Waals surface area contributed by atoms with Crippen LogP contribution in [0.15, 0.2) is 29.4 Å². The maximum Gasteiger partial charge on any atom is 0.248 e. The number of halogens is 1. The first-order valence-electron chi connectivity index (χ1n) is 6.18. The highest BCUT2D eigenvalue weighted by molar-refractivity contribution is 7.89. The number of phenols is 1. The van der Waals surface area contributed by atoms with E-state index in [4.69, 9.17) is 17.3 Å². The summed E-state index contributed by atoms with van der Waals surface area (Å²) in [5.41, 5.74) is 5.54. The molecule has 3 N–H and O–H groups in total. The molecule has 2 aromatic rings. The molecule has 21 heavy (non-hydrogen) atoms. The number of phenolic OH excluding ortho intramolecular Hbond substituents is 1. The molecule has 0 saturated heterocycles. The summed E-state index contributed by atoms with van der Waals surface area (Å²) < 4.78 is 28.5. The van der Waals surface area contributed by atoms with E-state index < -0.39 is 15.8 Å². The Morgan fingerprint density at radius 2 is 2.10 bits per heavy atom. The summed E-state index contributed by atoms with van der Waals surface area (Å²) in [6.07, 6.45) is 3.42. The first-order valence-corrected chi connectivity index (χ1v) is 8.00. The van der Waals surface area contributed by atoms with Gasteiger partial charge in [-0.2, -0.15) is 4.31 Å². The average Bonchev–Trinajstić information content (AvgIpc) is 2.90. The number of nitrogens with two attached hydrogens (primary N) is 1. The molecule has 0 amide bonds.